The van der Waals surface area contributed by atoms with Crippen molar-refractivity contribution in [1.82, 2.24) is 4.98 Å². The van der Waals surface area contributed by atoms with E-state index in [-0.39, 0.29) is 17.9 Å². The van der Waals surface area contributed by atoms with E-state index < -0.39 is 0 Å². The standard InChI is InChI=1S/C16H17ClN2O3/c1-3-22-15-11(5-4-6-13(15)17)8-14(20)19-12-7-10(2)16(21)18-9-12/h4-7,9H,3,8H2,1-2H3,(H,18,21)(H,19,20). The molecule has 6 heteroatoms. The van der Waals surface area contributed by atoms with Crippen LogP contribution in [0.4, 0.5) is 5.69 Å². The molecule has 0 aliphatic rings. The van der Waals surface area contributed by atoms with Gasteiger partial charge in [0.2, 0.25) is 5.91 Å². The topological polar surface area (TPSA) is 71.2 Å². The molecular formula is C16H17ClN2O3. The molecule has 0 fully saturated rings. The fourth-order valence-corrected chi connectivity index (χ4v) is 2.30. The number of amides is 1. The summed E-state index contributed by atoms with van der Waals surface area (Å²) in [6, 6.07) is 6.92. The van der Waals surface area contributed by atoms with E-state index in [1.165, 1.54) is 6.20 Å². The van der Waals surface area contributed by atoms with Crippen LogP contribution in [0.25, 0.3) is 0 Å². The zero-order valence-electron chi connectivity index (χ0n) is 12.4. The van der Waals surface area contributed by atoms with Crippen molar-refractivity contribution in [2.24, 2.45) is 0 Å². The molecular weight excluding hydrogens is 304 g/mol. The van der Waals surface area contributed by atoms with E-state index in [9.17, 15) is 9.59 Å². The van der Waals surface area contributed by atoms with Gasteiger partial charge in [-0.1, -0.05) is 23.7 Å². The summed E-state index contributed by atoms with van der Waals surface area (Å²) in [4.78, 5) is 26.0. The Morgan fingerprint density at radius 3 is 2.86 bits per heavy atom. The largest absolute Gasteiger partial charge is 0.492 e. The van der Waals surface area contributed by atoms with Gasteiger partial charge in [-0.3, -0.25) is 9.59 Å². The monoisotopic (exact) mass is 320 g/mol. The summed E-state index contributed by atoms with van der Waals surface area (Å²) in [5.74, 6) is 0.314. The molecule has 1 aromatic carbocycles. The van der Waals surface area contributed by atoms with Crippen molar-refractivity contribution in [2.75, 3.05) is 11.9 Å². The number of pyridine rings is 1. The molecule has 2 aromatic rings. The van der Waals surface area contributed by atoms with Crippen LogP contribution in [0.2, 0.25) is 5.02 Å². The average molecular weight is 321 g/mol. The molecule has 5 nitrogen and oxygen atoms in total. The number of benzene rings is 1. The molecule has 0 bridgehead atoms. The summed E-state index contributed by atoms with van der Waals surface area (Å²) >= 11 is 6.09. The minimum absolute atomic E-state index is 0.133. The minimum Gasteiger partial charge on any atom is -0.492 e. The van der Waals surface area contributed by atoms with Crippen LogP contribution in [-0.4, -0.2) is 17.5 Å². The lowest BCUT2D eigenvalue weighted by molar-refractivity contribution is -0.115. The van der Waals surface area contributed by atoms with Crippen molar-refractivity contribution >= 4 is 23.2 Å². The van der Waals surface area contributed by atoms with Crippen LogP contribution >= 0.6 is 11.6 Å². The molecule has 0 radical (unpaired) electrons. The Bertz CT molecular complexity index is 740. The number of H-pyrrole nitrogens is 1. The number of hydrogen-bond donors (Lipinski definition) is 2. The molecule has 2 rings (SSSR count). The average Bonchev–Trinajstić information content (AvgIpc) is 2.46. The van der Waals surface area contributed by atoms with Crippen LogP contribution in [-0.2, 0) is 11.2 Å². The Kier molecular flexibility index (Phi) is 5.22. The van der Waals surface area contributed by atoms with Gasteiger partial charge in [0.05, 0.1) is 23.7 Å². The molecule has 22 heavy (non-hydrogen) atoms. The second-order valence-electron chi connectivity index (χ2n) is 4.79. The molecule has 1 amide bonds. The minimum atomic E-state index is -0.213. The molecule has 2 N–H and O–H groups in total. The van der Waals surface area contributed by atoms with E-state index >= 15 is 0 Å². The second-order valence-corrected chi connectivity index (χ2v) is 5.19. The van der Waals surface area contributed by atoms with Gasteiger partial charge in [0.25, 0.3) is 5.56 Å². The van der Waals surface area contributed by atoms with E-state index in [0.717, 1.165) is 0 Å². The number of aromatic amines is 1. The van der Waals surface area contributed by atoms with Crippen LogP contribution in [0.3, 0.4) is 0 Å². The van der Waals surface area contributed by atoms with Gasteiger partial charge in [-0.2, -0.15) is 0 Å². The van der Waals surface area contributed by atoms with Gasteiger partial charge in [0.15, 0.2) is 0 Å². The van der Waals surface area contributed by atoms with E-state index in [2.05, 4.69) is 10.3 Å². The summed E-state index contributed by atoms with van der Waals surface area (Å²) < 4.78 is 5.49. The summed E-state index contributed by atoms with van der Waals surface area (Å²) in [5, 5.41) is 3.22. The van der Waals surface area contributed by atoms with E-state index in [1.807, 2.05) is 6.92 Å². The number of rotatable bonds is 5. The van der Waals surface area contributed by atoms with Crippen molar-refractivity contribution in [3.8, 4) is 5.75 Å². The first-order chi connectivity index (χ1) is 10.5. The lowest BCUT2D eigenvalue weighted by atomic mass is 10.1. The third-order valence-corrected chi connectivity index (χ3v) is 3.36. The first-order valence-corrected chi connectivity index (χ1v) is 7.28. The van der Waals surface area contributed by atoms with E-state index in [1.54, 1.807) is 31.2 Å². The number of ether oxygens (including phenoxy) is 1. The molecule has 0 saturated heterocycles. The Labute approximate surface area is 133 Å². The van der Waals surface area contributed by atoms with Crippen LogP contribution in [0.5, 0.6) is 5.75 Å². The molecule has 0 saturated carbocycles. The molecule has 0 unspecified atom stereocenters. The number of aryl methyl sites for hydroxylation is 1. The SMILES string of the molecule is CCOc1c(Cl)cccc1CC(=O)Nc1c[nH]c(=O)c(C)c1. The van der Waals surface area contributed by atoms with Crippen molar-refractivity contribution in [1.29, 1.82) is 0 Å². The number of hydrogen-bond acceptors (Lipinski definition) is 3. The molecule has 0 spiro atoms. The van der Waals surface area contributed by atoms with Crippen molar-refractivity contribution < 1.29 is 9.53 Å². The van der Waals surface area contributed by atoms with Crippen molar-refractivity contribution in [3.63, 3.8) is 0 Å². The maximum absolute atomic E-state index is 12.1. The fraction of sp³-hybridized carbons (Fsp3) is 0.250. The highest BCUT2D eigenvalue weighted by atomic mass is 35.5. The highest BCUT2D eigenvalue weighted by Crippen LogP contribution is 2.29. The third-order valence-electron chi connectivity index (χ3n) is 3.06. The predicted octanol–water partition coefficient (Wildman–Crippen LogP) is 2.92. The Balaban J connectivity index is 2.13. The van der Waals surface area contributed by atoms with Gasteiger partial charge in [0.1, 0.15) is 5.75 Å². The number of nitrogens with one attached hydrogen (secondary N) is 2. The maximum atomic E-state index is 12.1. The smallest absolute Gasteiger partial charge is 0.250 e. The molecule has 0 aliphatic heterocycles. The Hall–Kier alpha value is -2.27. The highest BCUT2D eigenvalue weighted by molar-refractivity contribution is 6.32. The molecule has 116 valence electrons. The maximum Gasteiger partial charge on any atom is 0.250 e. The van der Waals surface area contributed by atoms with Crippen LogP contribution in [0.15, 0.2) is 35.3 Å². The van der Waals surface area contributed by atoms with Gasteiger partial charge in [-0.25, -0.2) is 0 Å². The van der Waals surface area contributed by atoms with Gasteiger partial charge in [-0.05, 0) is 26.0 Å². The summed E-state index contributed by atoms with van der Waals surface area (Å²) in [7, 11) is 0. The first-order valence-electron chi connectivity index (χ1n) is 6.90. The number of carbonyl (C=O) groups is 1. The number of para-hydroxylation sites is 1. The van der Waals surface area contributed by atoms with E-state index in [4.69, 9.17) is 16.3 Å². The van der Waals surface area contributed by atoms with Crippen LogP contribution in [0.1, 0.15) is 18.1 Å². The quantitative estimate of drug-likeness (QED) is 0.889. The first kappa shape index (κ1) is 16.1. The van der Waals surface area contributed by atoms with Crippen molar-refractivity contribution in [2.45, 2.75) is 20.3 Å². The summed E-state index contributed by atoms with van der Waals surface area (Å²) in [6.07, 6.45) is 1.60. The van der Waals surface area contributed by atoms with Crippen LogP contribution in [0, 0.1) is 6.92 Å². The Morgan fingerprint density at radius 2 is 2.18 bits per heavy atom. The zero-order valence-corrected chi connectivity index (χ0v) is 13.2. The van der Waals surface area contributed by atoms with Gasteiger partial charge in [-0.15, -0.1) is 0 Å². The van der Waals surface area contributed by atoms with Gasteiger partial charge in [0, 0.05) is 17.3 Å². The van der Waals surface area contributed by atoms with Crippen LogP contribution < -0.4 is 15.6 Å². The number of anilines is 1. The van der Waals surface area contributed by atoms with Crippen molar-refractivity contribution in [3.05, 3.63) is 57.0 Å². The summed E-state index contributed by atoms with van der Waals surface area (Å²) in [5.41, 5.74) is 1.62. The summed E-state index contributed by atoms with van der Waals surface area (Å²) in [6.45, 7) is 4.01. The lowest BCUT2D eigenvalue weighted by Gasteiger charge is -2.12. The Morgan fingerprint density at radius 1 is 1.41 bits per heavy atom. The van der Waals surface area contributed by atoms with Gasteiger partial charge < -0.3 is 15.0 Å². The zero-order chi connectivity index (χ0) is 16.1. The third kappa shape index (κ3) is 3.89. The predicted molar refractivity (Wildman–Crippen MR) is 86.8 cm³/mol. The molecule has 1 heterocycles. The second kappa shape index (κ2) is 7.13. The number of halogens is 1. The van der Waals surface area contributed by atoms with Gasteiger partial charge >= 0.3 is 0 Å². The fourth-order valence-electron chi connectivity index (χ4n) is 2.05. The normalized spacial score (nSPS) is 10.3. The molecule has 0 aliphatic carbocycles. The highest BCUT2D eigenvalue weighted by Gasteiger charge is 2.12. The number of aromatic nitrogens is 1. The number of carbonyl (C=O) groups excluding carboxylic acids is 1. The molecule has 0 atom stereocenters. The van der Waals surface area contributed by atoms with E-state index in [0.29, 0.717) is 34.2 Å². The lowest BCUT2D eigenvalue weighted by Crippen LogP contribution is -2.17. The molecule has 1 aromatic heterocycles.